The molecule has 0 spiro atoms. The Morgan fingerprint density at radius 1 is 1.00 bits per heavy atom. The number of ether oxygens (including phenoxy) is 1. The Morgan fingerprint density at radius 2 is 1.70 bits per heavy atom. The van der Waals surface area contributed by atoms with E-state index < -0.39 is 0 Å². The maximum Gasteiger partial charge on any atom is 0.161 e. The van der Waals surface area contributed by atoms with E-state index >= 15 is 0 Å². The number of fused-ring (bicyclic) bond motifs is 1. The Labute approximate surface area is 199 Å². The van der Waals surface area contributed by atoms with Crippen molar-refractivity contribution in [2.75, 3.05) is 26.2 Å². The van der Waals surface area contributed by atoms with Crippen molar-refractivity contribution in [3.8, 4) is 11.5 Å². The number of aromatic hydroxyl groups is 2. The predicted octanol–water partition coefficient (Wildman–Crippen LogP) is 4.15. The second-order valence-electron chi connectivity index (χ2n) is 8.02. The van der Waals surface area contributed by atoms with Crippen molar-refractivity contribution >= 4 is 34.0 Å². The minimum absolute atomic E-state index is 0. The molecular formula is C23H32Br2N2O3. The van der Waals surface area contributed by atoms with E-state index in [1.807, 2.05) is 6.07 Å². The number of phenolic OH excluding ortho intramolecular Hbond substituents is 2. The lowest BCUT2D eigenvalue weighted by atomic mass is 9.83. The van der Waals surface area contributed by atoms with Gasteiger partial charge in [0.25, 0.3) is 0 Å². The summed E-state index contributed by atoms with van der Waals surface area (Å²) in [4.78, 5) is 2.53. The average Bonchev–Trinajstić information content (AvgIpc) is 2.75. The SMILES string of the molecule is Br.Br.NCC1OC(C2CCN(CCc3ccccc3)CC2)Cc2c1ccc(O)c2O. The van der Waals surface area contributed by atoms with E-state index in [0.717, 1.165) is 50.0 Å². The summed E-state index contributed by atoms with van der Waals surface area (Å²) in [6, 6.07) is 14.0. The molecule has 0 radical (unpaired) electrons. The molecule has 2 heterocycles. The molecule has 1 saturated heterocycles. The van der Waals surface area contributed by atoms with Crippen LogP contribution in [-0.2, 0) is 17.6 Å². The van der Waals surface area contributed by atoms with E-state index in [0.29, 0.717) is 18.9 Å². The Morgan fingerprint density at radius 3 is 2.37 bits per heavy atom. The molecule has 5 nitrogen and oxygen atoms in total. The van der Waals surface area contributed by atoms with E-state index in [9.17, 15) is 10.2 Å². The van der Waals surface area contributed by atoms with Crippen molar-refractivity contribution < 1.29 is 14.9 Å². The molecule has 166 valence electrons. The second kappa shape index (κ2) is 11.5. The number of nitrogens with zero attached hydrogens (tertiary/aromatic N) is 1. The number of likely N-dealkylation sites (tertiary alicyclic amines) is 1. The topological polar surface area (TPSA) is 79.0 Å². The van der Waals surface area contributed by atoms with E-state index in [-0.39, 0.29) is 57.7 Å². The van der Waals surface area contributed by atoms with Gasteiger partial charge in [-0.25, -0.2) is 0 Å². The first kappa shape index (κ1) is 25.1. The van der Waals surface area contributed by atoms with Crippen molar-refractivity contribution in [2.45, 2.75) is 37.9 Å². The van der Waals surface area contributed by atoms with Crippen molar-refractivity contribution in [3.63, 3.8) is 0 Å². The smallest absolute Gasteiger partial charge is 0.161 e. The summed E-state index contributed by atoms with van der Waals surface area (Å²) in [6.45, 7) is 3.61. The zero-order valence-electron chi connectivity index (χ0n) is 17.1. The fourth-order valence-electron chi connectivity index (χ4n) is 4.63. The molecule has 30 heavy (non-hydrogen) atoms. The standard InChI is InChI=1S/C23H30N2O3.2BrH/c24-15-22-18-6-7-20(26)23(27)19(18)14-21(28-22)17-9-12-25(13-10-17)11-8-16-4-2-1-3-5-16;;/h1-7,17,21-22,26-27H,8-15,24H2;2*1H. The lowest BCUT2D eigenvalue weighted by Crippen LogP contribution is -2.42. The van der Waals surface area contributed by atoms with Gasteiger partial charge in [0.1, 0.15) is 0 Å². The normalized spacial score (nSPS) is 21.9. The van der Waals surface area contributed by atoms with E-state index in [1.54, 1.807) is 0 Å². The minimum atomic E-state index is -0.212. The van der Waals surface area contributed by atoms with Crippen LogP contribution in [0.1, 0.15) is 35.6 Å². The molecule has 1 fully saturated rings. The fourth-order valence-corrected chi connectivity index (χ4v) is 4.63. The molecule has 2 aromatic carbocycles. The van der Waals surface area contributed by atoms with Crippen LogP contribution < -0.4 is 5.73 Å². The summed E-state index contributed by atoms with van der Waals surface area (Å²) in [5.41, 5.74) is 9.04. The summed E-state index contributed by atoms with van der Waals surface area (Å²) in [6.07, 6.45) is 3.74. The summed E-state index contributed by atoms with van der Waals surface area (Å²) < 4.78 is 6.32. The molecule has 0 aromatic heterocycles. The lowest BCUT2D eigenvalue weighted by Gasteiger charge is -2.40. The van der Waals surface area contributed by atoms with Gasteiger partial charge < -0.3 is 25.6 Å². The molecule has 2 aliphatic rings. The van der Waals surface area contributed by atoms with E-state index in [4.69, 9.17) is 10.5 Å². The van der Waals surface area contributed by atoms with Crippen LogP contribution in [0.15, 0.2) is 42.5 Å². The molecule has 2 aromatic rings. The van der Waals surface area contributed by atoms with Gasteiger partial charge in [-0.15, -0.1) is 34.0 Å². The highest BCUT2D eigenvalue weighted by atomic mass is 79.9. The highest BCUT2D eigenvalue weighted by Crippen LogP contribution is 2.42. The summed E-state index contributed by atoms with van der Waals surface area (Å²) in [5, 5.41) is 20.2. The Bertz CT molecular complexity index is 799. The molecule has 7 heteroatoms. The first-order valence-corrected chi connectivity index (χ1v) is 10.3. The number of piperidine rings is 1. The molecule has 2 atom stereocenters. The number of nitrogens with two attached hydrogens (primary N) is 1. The quantitative estimate of drug-likeness (QED) is 0.494. The first-order chi connectivity index (χ1) is 13.7. The maximum atomic E-state index is 10.3. The van der Waals surface area contributed by atoms with Gasteiger partial charge in [-0.1, -0.05) is 36.4 Å². The molecule has 2 unspecified atom stereocenters. The van der Waals surface area contributed by atoms with Crippen LogP contribution in [0.5, 0.6) is 11.5 Å². The van der Waals surface area contributed by atoms with Crippen molar-refractivity contribution in [2.24, 2.45) is 11.7 Å². The van der Waals surface area contributed by atoms with E-state index in [1.165, 1.54) is 11.6 Å². The summed E-state index contributed by atoms with van der Waals surface area (Å²) in [7, 11) is 0. The number of hydrogen-bond acceptors (Lipinski definition) is 5. The molecule has 0 amide bonds. The third-order valence-electron chi connectivity index (χ3n) is 6.32. The first-order valence-electron chi connectivity index (χ1n) is 10.3. The molecule has 0 aliphatic carbocycles. The second-order valence-corrected chi connectivity index (χ2v) is 8.02. The van der Waals surface area contributed by atoms with Crippen molar-refractivity contribution in [1.82, 2.24) is 4.90 Å². The van der Waals surface area contributed by atoms with Gasteiger partial charge in [0.2, 0.25) is 0 Å². The number of halogens is 2. The molecule has 4 N–H and O–H groups in total. The molecule has 4 rings (SSSR count). The van der Waals surface area contributed by atoms with Crippen LogP contribution in [0.2, 0.25) is 0 Å². The molecule has 0 bridgehead atoms. The minimum Gasteiger partial charge on any atom is -0.504 e. The predicted molar refractivity (Wildman–Crippen MR) is 130 cm³/mol. The Hall–Kier alpha value is -1.12. The van der Waals surface area contributed by atoms with Crippen LogP contribution in [-0.4, -0.2) is 47.4 Å². The van der Waals surface area contributed by atoms with Crippen LogP contribution >= 0.6 is 34.0 Å². The van der Waals surface area contributed by atoms with Gasteiger partial charge in [0.15, 0.2) is 11.5 Å². The molecular weight excluding hydrogens is 512 g/mol. The third-order valence-corrected chi connectivity index (χ3v) is 6.32. The lowest BCUT2D eigenvalue weighted by molar-refractivity contribution is -0.0646. The number of phenols is 2. The van der Waals surface area contributed by atoms with Crippen LogP contribution in [0.3, 0.4) is 0 Å². The van der Waals surface area contributed by atoms with Gasteiger partial charge in [0, 0.05) is 25.1 Å². The highest BCUT2D eigenvalue weighted by Gasteiger charge is 2.35. The molecule has 2 aliphatic heterocycles. The fraction of sp³-hybridized carbons (Fsp3) is 0.478. The van der Waals surface area contributed by atoms with Crippen LogP contribution in [0, 0.1) is 5.92 Å². The molecule has 0 saturated carbocycles. The van der Waals surface area contributed by atoms with Crippen molar-refractivity contribution in [3.05, 3.63) is 59.2 Å². The highest BCUT2D eigenvalue weighted by molar-refractivity contribution is 8.93. The average molecular weight is 544 g/mol. The zero-order valence-corrected chi connectivity index (χ0v) is 20.5. The maximum absolute atomic E-state index is 10.3. The third kappa shape index (κ3) is 5.56. The van der Waals surface area contributed by atoms with Crippen LogP contribution in [0.4, 0.5) is 0 Å². The summed E-state index contributed by atoms with van der Waals surface area (Å²) in [5.74, 6) is 0.382. The number of hydrogen-bond donors (Lipinski definition) is 3. The summed E-state index contributed by atoms with van der Waals surface area (Å²) >= 11 is 0. The Balaban J connectivity index is 0.00000160. The monoisotopic (exact) mass is 542 g/mol. The van der Waals surface area contributed by atoms with Crippen molar-refractivity contribution in [1.29, 1.82) is 0 Å². The van der Waals surface area contributed by atoms with Crippen LogP contribution in [0.25, 0.3) is 0 Å². The Kier molecular flexibility index (Phi) is 9.63. The number of rotatable bonds is 5. The van der Waals surface area contributed by atoms with Gasteiger partial charge >= 0.3 is 0 Å². The number of benzene rings is 2. The van der Waals surface area contributed by atoms with Gasteiger partial charge in [-0.05, 0) is 55.5 Å². The largest absolute Gasteiger partial charge is 0.504 e. The van der Waals surface area contributed by atoms with Gasteiger partial charge in [-0.2, -0.15) is 0 Å². The van der Waals surface area contributed by atoms with Gasteiger partial charge in [0.05, 0.1) is 12.2 Å². The van der Waals surface area contributed by atoms with Gasteiger partial charge in [-0.3, -0.25) is 0 Å². The van der Waals surface area contributed by atoms with E-state index in [2.05, 4.69) is 35.2 Å². The zero-order chi connectivity index (χ0) is 19.5.